The van der Waals surface area contributed by atoms with E-state index in [1.54, 1.807) is 6.07 Å². The van der Waals surface area contributed by atoms with Gasteiger partial charge in [0.2, 0.25) is 0 Å². The fourth-order valence-corrected chi connectivity index (χ4v) is 2.75. The molecule has 0 aromatic heterocycles. The van der Waals surface area contributed by atoms with Gasteiger partial charge in [0.05, 0.1) is 21.7 Å². The van der Waals surface area contributed by atoms with Crippen LogP contribution in [0.15, 0.2) is 35.9 Å². The van der Waals surface area contributed by atoms with Crippen LogP contribution in [0.25, 0.3) is 5.76 Å². The summed E-state index contributed by atoms with van der Waals surface area (Å²) in [4.78, 5) is 13.6. The van der Waals surface area contributed by atoms with Crippen LogP contribution in [0.1, 0.15) is 16.7 Å². The third-order valence-electron chi connectivity index (χ3n) is 3.78. The highest BCUT2D eigenvalue weighted by molar-refractivity contribution is 6.35. The second kappa shape index (κ2) is 8.62. The molecular formula is C19H12Cl2FN3O3. The van der Waals surface area contributed by atoms with E-state index >= 15 is 0 Å². The summed E-state index contributed by atoms with van der Waals surface area (Å²) >= 11 is 11.7. The normalized spacial score (nSPS) is 11.2. The van der Waals surface area contributed by atoms with Crippen LogP contribution in [0, 0.1) is 28.5 Å². The first-order chi connectivity index (χ1) is 13.2. The molecular weight excluding hydrogens is 408 g/mol. The molecule has 0 unspecified atom stereocenters. The lowest BCUT2D eigenvalue weighted by molar-refractivity contribution is -0.126. The van der Waals surface area contributed by atoms with E-state index in [1.165, 1.54) is 19.2 Å². The summed E-state index contributed by atoms with van der Waals surface area (Å²) in [6.45, 7) is -0.247. The minimum atomic E-state index is -0.901. The first-order valence-electron chi connectivity index (χ1n) is 7.65. The molecule has 6 nitrogen and oxygen atoms in total. The number of halogens is 3. The highest BCUT2D eigenvalue weighted by Crippen LogP contribution is 2.34. The van der Waals surface area contributed by atoms with Gasteiger partial charge in [-0.3, -0.25) is 4.79 Å². The molecule has 0 spiro atoms. The predicted molar refractivity (Wildman–Crippen MR) is 101 cm³/mol. The molecule has 142 valence electrons. The molecule has 2 aromatic rings. The number of phenolic OH excluding ortho intramolecular Hbond substituents is 1. The number of phenols is 1. The second-order valence-corrected chi connectivity index (χ2v) is 6.51. The molecule has 1 amide bonds. The Labute approximate surface area is 169 Å². The van der Waals surface area contributed by atoms with Gasteiger partial charge >= 0.3 is 0 Å². The Morgan fingerprint density at radius 1 is 1.21 bits per heavy atom. The van der Waals surface area contributed by atoms with Crippen molar-refractivity contribution in [3.8, 4) is 17.9 Å². The van der Waals surface area contributed by atoms with Crippen LogP contribution in [0.5, 0.6) is 5.75 Å². The molecule has 0 fully saturated rings. The molecule has 0 saturated heterocycles. The van der Waals surface area contributed by atoms with Gasteiger partial charge in [0.1, 0.15) is 23.4 Å². The number of aliphatic hydroxyl groups is 1. The van der Waals surface area contributed by atoms with Crippen LogP contribution in [-0.4, -0.2) is 28.1 Å². The first kappa shape index (κ1) is 21.0. The van der Waals surface area contributed by atoms with E-state index in [2.05, 4.69) is 0 Å². The molecule has 0 aliphatic carbocycles. The Kier molecular flexibility index (Phi) is 6.48. The molecule has 28 heavy (non-hydrogen) atoms. The number of nitrogens with zero attached hydrogens (tertiary/aromatic N) is 3. The summed E-state index contributed by atoms with van der Waals surface area (Å²) in [6.07, 6.45) is 0. The van der Waals surface area contributed by atoms with Crippen molar-refractivity contribution in [3.63, 3.8) is 0 Å². The van der Waals surface area contributed by atoms with Crippen LogP contribution >= 0.6 is 23.2 Å². The molecule has 0 heterocycles. The molecule has 2 N–H and O–H groups in total. The van der Waals surface area contributed by atoms with Gasteiger partial charge in [-0.1, -0.05) is 23.2 Å². The van der Waals surface area contributed by atoms with Crippen molar-refractivity contribution in [2.24, 2.45) is 0 Å². The number of likely N-dealkylation sites (N-methyl/N-ethyl adjacent to an activating group) is 1. The Morgan fingerprint density at radius 3 is 2.50 bits per heavy atom. The van der Waals surface area contributed by atoms with Gasteiger partial charge in [0, 0.05) is 30.8 Å². The summed E-state index contributed by atoms with van der Waals surface area (Å²) in [5.74, 6) is -2.60. The van der Waals surface area contributed by atoms with Crippen LogP contribution in [-0.2, 0) is 11.3 Å². The number of nitriles is 2. The number of benzene rings is 2. The summed E-state index contributed by atoms with van der Waals surface area (Å²) in [6, 6.07) is 9.30. The second-order valence-electron chi connectivity index (χ2n) is 5.70. The molecule has 2 rings (SSSR count). The number of hydrogen-bond donors (Lipinski definition) is 2. The van der Waals surface area contributed by atoms with Gasteiger partial charge in [-0.05, 0) is 24.3 Å². The number of rotatable bonds is 4. The summed E-state index contributed by atoms with van der Waals surface area (Å²) in [7, 11) is 1.30. The monoisotopic (exact) mass is 419 g/mol. The number of aliphatic hydroxyl groups excluding tert-OH is 1. The van der Waals surface area contributed by atoms with Gasteiger partial charge in [-0.25, -0.2) is 4.39 Å². The maximum atomic E-state index is 13.9. The number of carbonyl (C=O) groups is 1. The van der Waals surface area contributed by atoms with E-state index in [9.17, 15) is 24.7 Å². The van der Waals surface area contributed by atoms with E-state index in [4.69, 9.17) is 28.5 Å². The van der Waals surface area contributed by atoms with Crippen molar-refractivity contribution in [2.75, 3.05) is 7.05 Å². The van der Waals surface area contributed by atoms with Gasteiger partial charge in [-0.15, -0.1) is 0 Å². The van der Waals surface area contributed by atoms with Crippen molar-refractivity contribution in [3.05, 3.63) is 68.5 Å². The third kappa shape index (κ3) is 4.34. The lowest BCUT2D eigenvalue weighted by atomic mass is 10.1. The molecule has 0 radical (unpaired) electrons. The zero-order chi connectivity index (χ0) is 21.0. The molecule has 0 aliphatic rings. The third-order valence-corrected chi connectivity index (χ3v) is 4.40. The van der Waals surface area contributed by atoms with Crippen molar-refractivity contribution in [1.29, 1.82) is 10.5 Å². The fourth-order valence-electron chi connectivity index (χ4n) is 2.34. The molecule has 0 bridgehead atoms. The minimum Gasteiger partial charge on any atom is -0.506 e. The minimum absolute atomic E-state index is 0.0670. The summed E-state index contributed by atoms with van der Waals surface area (Å²) < 4.78 is 13.9. The van der Waals surface area contributed by atoms with Gasteiger partial charge < -0.3 is 15.1 Å². The lowest BCUT2D eigenvalue weighted by Crippen LogP contribution is -2.28. The van der Waals surface area contributed by atoms with Crippen molar-refractivity contribution >= 4 is 34.9 Å². The van der Waals surface area contributed by atoms with Crippen molar-refractivity contribution in [1.82, 2.24) is 4.90 Å². The topological polar surface area (TPSA) is 108 Å². The number of amides is 1. The Bertz CT molecular complexity index is 1070. The van der Waals surface area contributed by atoms with Gasteiger partial charge in [0.15, 0.2) is 5.57 Å². The van der Waals surface area contributed by atoms with Crippen LogP contribution in [0.3, 0.4) is 0 Å². The van der Waals surface area contributed by atoms with E-state index in [0.717, 1.165) is 23.1 Å². The van der Waals surface area contributed by atoms with E-state index in [-0.39, 0.29) is 39.0 Å². The maximum Gasteiger partial charge on any atom is 0.268 e. The molecule has 9 heteroatoms. The Hall–Kier alpha value is -3.26. The van der Waals surface area contributed by atoms with Gasteiger partial charge in [-0.2, -0.15) is 10.5 Å². The predicted octanol–water partition coefficient (Wildman–Crippen LogP) is 4.16. The number of aromatic hydroxyl groups is 1. The van der Waals surface area contributed by atoms with Gasteiger partial charge in [0.25, 0.3) is 5.91 Å². The number of hydrogen-bond acceptors (Lipinski definition) is 5. The van der Waals surface area contributed by atoms with Crippen LogP contribution < -0.4 is 0 Å². The molecule has 0 atom stereocenters. The molecule has 2 aromatic carbocycles. The van der Waals surface area contributed by atoms with Crippen LogP contribution in [0.2, 0.25) is 10.0 Å². The van der Waals surface area contributed by atoms with E-state index in [0.29, 0.717) is 0 Å². The quantitative estimate of drug-likeness (QED) is 0.439. The average Bonchev–Trinajstić information content (AvgIpc) is 2.66. The lowest BCUT2D eigenvalue weighted by Gasteiger charge is -2.18. The van der Waals surface area contributed by atoms with Crippen molar-refractivity contribution in [2.45, 2.75) is 6.54 Å². The summed E-state index contributed by atoms with van der Waals surface area (Å²) in [5, 5.41) is 37.9. The maximum absolute atomic E-state index is 13.9. The Morgan fingerprint density at radius 2 is 1.89 bits per heavy atom. The highest BCUT2D eigenvalue weighted by atomic mass is 35.5. The van der Waals surface area contributed by atoms with E-state index < -0.39 is 23.1 Å². The average molecular weight is 420 g/mol. The zero-order valence-corrected chi connectivity index (χ0v) is 15.9. The largest absolute Gasteiger partial charge is 0.506 e. The Balaban J connectivity index is 2.40. The highest BCUT2D eigenvalue weighted by Gasteiger charge is 2.23. The number of carbonyl (C=O) groups excluding carboxylic acids is 1. The van der Waals surface area contributed by atoms with E-state index in [1.807, 2.05) is 6.07 Å². The van der Waals surface area contributed by atoms with Crippen molar-refractivity contribution < 1.29 is 19.4 Å². The standard InChI is InChI=1S/C19H12Cl2FN3O3/c1-25(9-11-4-10(7-23)2-3-16(11)22)19(28)13(8-24)18(27)12-5-15(21)17(26)6-14(12)20/h2-6,26-27H,9H2,1H3/b18-13-. The zero-order valence-electron chi connectivity index (χ0n) is 14.4. The van der Waals surface area contributed by atoms with Crippen LogP contribution in [0.4, 0.5) is 4.39 Å². The molecule has 0 aliphatic heterocycles. The summed E-state index contributed by atoms with van der Waals surface area (Å²) in [5.41, 5.74) is -0.498. The SMILES string of the molecule is CN(Cc1cc(C#N)ccc1F)C(=O)/C(C#N)=C(\O)c1cc(Cl)c(O)cc1Cl. The fraction of sp³-hybridized carbons (Fsp3) is 0.105. The first-order valence-corrected chi connectivity index (χ1v) is 8.40. The molecule has 0 saturated carbocycles. The smallest absolute Gasteiger partial charge is 0.268 e.